The normalized spacial score (nSPS) is 44.2. The van der Waals surface area contributed by atoms with Gasteiger partial charge in [0.15, 0.2) is 5.78 Å². The van der Waals surface area contributed by atoms with Crippen molar-refractivity contribution < 1.29 is 15.0 Å². The van der Waals surface area contributed by atoms with Crippen LogP contribution in [-0.4, -0.2) is 27.7 Å². The van der Waals surface area contributed by atoms with Crippen LogP contribution in [0.25, 0.3) is 0 Å². The SMILES string of the molecule is C=C[C@@](O)(CC[C@@H](C)[C@H]1CC[C@H]2[C@@H]3C[C@@H](O)C4=CC(=O)CC[C@]4(C)[C@H]3CC[C@]12C)C(C)C. The summed E-state index contributed by atoms with van der Waals surface area (Å²) in [5.41, 5.74) is 0.596. The molecule has 0 aliphatic heterocycles. The summed E-state index contributed by atoms with van der Waals surface area (Å²) in [5, 5.41) is 22.1. The first kappa shape index (κ1) is 24.2. The van der Waals surface area contributed by atoms with E-state index in [1.165, 1.54) is 25.7 Å². The second-order valence-electron chi connectivity index (χ2n) is 12.7. The number of carbonyl (C=O) groups excluding carboxylic acids is 1. The fourth-order valence-corrected chi connectivity index (χ4v) is 8.87. The van der Waals surface area contributed by atoms with Crippen LogP contribution in [0.5, 0.6) is 0 Å². The third kappa shape index (κ3) is 3.66. The van der Waals surface area contributed by atoms with E-state index in [0.717, 1.165) is 31.3 Å². The van der Waals surface area contributed by atoms with E-state index in [1.807, 2.05) is 0 Å². The Morgan fingerprint density at radius 2 is 1.91 bits per heavy atom. The minimum atomic E-state index is -0.770. The van der Waals surface area contributed by atoms with Gasteiger partial charge in [0.25, 0.3) is 0 Å². The zero-order chi connectivity index (χ0) is 23.5. The smallest absolute Gasteiger partial charge is 0.155 e. The van der Waals surface area contributed by atoms with Gasteiger partial charge in [-0.25, -0.2) is 0 Å². The number of hydrogen-bond donors (Lipinski definition) is 2. The molecule has 0 spiro atoms. The Hall–Kier alpha value is -0.930. The van der Waals surface area contributed by atoms with Crippen molar-refractivity contribution in [1.82, 2.24) is 0 Å². The van der Waals surface area contributed by atoms with E-state index in [1.54, 1.807) is 12.2 Å². The highest BCUT2D eigenvalue weighted by molar-refractivity contribution is 5.91. The van der Waals surface area contributed by atoms with E-state index in [9.17, 15) is 15.0 Å². The van der Waals surface area contributed by atoms with Crippen LogP contribution >= 0.6 is 0 Å². The predicted molar refractivity (Wildman–Crippen MR) is 130 cm³/mol. The summed E-state index contributed by atoms with van der Waals surface area (Å²) in [6.45, 7) is 15.3. The molecule has 0 saturated heterocycles. The molecule has 4 aliphatic carbocycles. The molecular formula is C29H46O3. The van der Waals surface area contributed by atoms with Crippen molar-refractivity contribution >= 4 is 5.78 Å². The quantitative estimate of drug-likeness (QED) is 0.489. The molecule has 0 amide bonds. The number of carbonyl (C=O) groups is 1. The Morgan fingerprint density at radius 1 is 1.19 bits per heavy atom. The van der Waals surface area contributed by atoms with Crippen molar-refractivity contribution in [3.63, 3.8) is 0 Å². The van der Waals surface area contributed by atoms with Crippen molar-refractivity contribution in [2.75, 3.05) is 0 Å². The maximum Gasteiger partial charge on any atom is 0.155 e. The van der Waals surface area contributed by atoms with Crippen molar-refractivity contribution in [2.45, 2.75) is 104 Å². The van der Waals surface area contributed by atoms with Crippen LogP contribution in [-0.2, 0) is 4.79 Å². The molecule has 0 radical (unpaired) electrons. The lowest BCUT2D eigenvalue weighted by atomic mass is 9.46. The lowest BCUT2D eigenvalue weighted by Crippen LogP contribution is -2.54. The van der Waals surface area contributed by atoms with Gasteiger partial charge in [-0.2, -0.15) is 0 Å². The highest BCUT2D eigenvalue weighted by atomic mass is 16.3. The van der Waals surface area contributed by atoms with Crippen molar-refractivity contribution in [3.8, 4) is 0 Å². The zero-order valence-corrected chi connectivity index (χ0v) is 21.1. The van der Waals surface area contributed by atoms with Crippen LogP contribution in [0.1, 0.15) is 92.4 Å². The van der Waals surface area contributed by atoms with E-state index < -0.39 is 11.7 Å². The Balaban J connectivity index is 1.52. The van der Waals surface area contributed by atoms with Gasteiger partial charge in [-0.15, -0.1) is 6.58 Å². The molecular weight excluding hydrogens is 396 g/mol. The standard InChI is InChI=1S/C29H46O3/c1-7-29(32,18(2)3)15-10-19(4)22-8-9-23-21-17-26(31)25-16-20(30)11-13-28(25,6)24(21)12-14-27(22,23)5/h7,16,18-19,21-24,26,31-32H,1,8-15,17H2,2-6H3/t19-,21+,22-,23+,24+,26-,27-,28-,29-/m1/s1. The van der Waals surface area contributed by atoms with Gasteiger partial charge in [-0.1, -0.05) is 40.7 Å². The third-order valence-electron chi connectivity index (χ3n) is 11.1. The average Bonchev–Trinajstić information content (AvgIpc) is 3.10. The van der Waals surface area contributed by atoms with Crippen LogP contribution in [0.4, 0.5) is 0 Å². The first-order valence-corrected chi connectivity index (χ1v) is 13.2. The summed E-state index contributed by atoms with van der Waals surface area (Å²) < 4.78 is 0. The Morgan fingerprint density at radius 3 is 2.56 bits per heavy atom. The van der Waals surface area contributed by atoms with Gasteiger partial charge < -0.3 is 10.2 Å². The van der Waals surface area contributed by atoms with Crippen LogP contribution < -0.4 is 0 Å². The van der Waals surface area contributed by atoms with Crippen molar-refractivity contribution in [2.24, 2.45) is 46.3 Å². The van der Waals surface area contributed by atoms with Crippen LogP contribution in [0.2, 0.25) is 0 Å². The second kappa shape index (κ2) is 8.38. The summed E-state index contributed by atoms with van der Waals surface area (Å²) in [5.74, 6) is 3.49. The fourth-order valence-electron chi connectivity index (χ4n) is 8.87. The summed E-state index contributed by atoms with van der Waals surface area (Å²) in [6.07, 6.45) is 12.3. The largest absolute Gasteiger partial charge is 0.389 e. The number of hydrogen-bond acceptors (Lipinski definition) is 3. The molecule has 3 fully saturated rings. The molecule has 4 rings (SSSR count). The maximum absolute atomic E-state index is 12.1. The predicted octanol–water partition coefficient (Wildman–Crippen LogP) is 6.09. The highest BCUT2D eigenvalue weighted by Gasteiger charge is 2.60. The van der Waals surface area contributed by atoms with Crippen LogP contribution in [0.15, 0.2) is 24.3 Å². The van der Waals surface area contributed by atoms with Gasteiger partial charge in [-0.05, 0) is 109 Å². The molecule has 0 aromatic carbocycles. The fraction of sp³-hybridized carbons (Fsp3) is 0.828. The molecule has 0 aromatic rings. The molecule has 180 valence electrons. The van der Waals surface area contributed by atoms with E-state index >= 15 is 0 Å². The van der Waals surface area contributed by atoms with Gasteiger partial charge >= 0.3 is 0 Å². The minimum Gasteiger partial charge on any atom is -0.389 e. The lowest BCUT2D eigenvalue weighted by molar-refractivity contribution is -0.119. The van der Waals surface area contributed by atoms with Gasteiger partial charge in [0.1, 0.15) is 0 Å². The van der Waals surface area contributed by atoms with Gasteiger partial charge in [0, 0.05) is 6.42 Å². The Bertz CT molecular complexity index is 783. The number of fused-ring (bicyclic) bond motifs is 5. The average molecular weight is 443 g/mol. The molecule has 4 aliphatic rings. The number of ketones is 1. The summed E-state index contributed by atoms with van der Waals surface area (Å²) in [4.78, 5) is 12.1. The van der Waals surface area contributed by atoms with Crippen LogP contribution in [0, 0.1) is 46.3 Å². The Kier molecular flexibility index (Phi) is 6.34. The van der Waals surface area contributed by atoms with E-state index in [-0.39, 0.29) is 17.1 Å². The minimum absolute atomic E-state index is 0.001000. The lowest BCUT2D eigenvalue weighted by Gasteiger charge is -2.59. The monoisotopic (exact) mass is 442 g/mol. The topological polar surface area (TPSA) is 57.5 Å². The van der Waals surface area contributed by atoms with E-state index in [2.05, 4.69) is 41.2 Å². The number of aliphatic hydroxyl groups is 2. The number of aliphatic hydroxyl groups excluding tert-OH is 1. The molecule has 3 saturated carbocycles. The maximum atomic E-state index is 12.1. The highest BCUT2D eigenvalue weighted by Crippen LogP contribution is 2.67. The van der Waals surface area contributed by atoms with Gasteiger partial charge in [0.2, 0.25) is 0 Å². The molecule has 0 aromatic heterocycles. The zero-order valence-electron chi connectivity index (χ0n) is 21.1. The molecule has 3 heteroatoms. The molecule has 3 nitrogen and oxygen atoms in total. The van der Waals surface area contributed by atoms with E-state index in [4.69, 9.17) is 0 Å². The second-order valence-corrected chi connectivity index (χ2v) is 12.7. The van der Waals surface area contributed by atoms with Crippen molar-refractivity contribution in [3.05, 3.63) is 24.3 Å². The molecule has 2 N–H and O–H groups in total. The van der Waals surface area contributed by atoms with Gasteiger partial charge in [0.05, 0.1) is 11.7 Å². The Labute approximate surface area is 195 Å². The number of rotatable bonds is 6. The van der Waals surface area contributed by atoms with Gasteiger partial charge in [-0.3, -0.25) is 4.79 Å². The molecule has 0 heterocycles. The van der Waals surface area contributed by atoms with Crippen molar-refractivity contribution in [1.29, 1.82) is 0 Å². The molecule has 32 heavy (non-hydrogen) atoms. The molecule has 9 atom stereocenters. The van der Waals surface area contributed by atoms with Crippen LogP contribution in [0.3, 0.4) is 0 Å². The molecule has 0 bridgehead atoms. The van der Waals surface area contributed by atoms with E-state index in [0.29, 0.717) is 41.4 Å². The summed E-state index contributed by atoms with van der Waals surface area (Å²) in [6, 6.07) is 0. The first-order chi connectivity index (χ1) is 15.0. The summed E-state index contributed by atoms with van der Waals surface area (Å²) in [7, 11) is 0. The first-order valence-electron chi connectivity index (χ1n) is 13.2. The summed E-state index contributed by atoms with van der Waals surface area (Å²) >= 11 is 0. The molecule has 0 unspecified atom stereocenters. The third-order valence-corrected chi connectivity index (χ3v) is 11.1.